The average molecular weight is 342 g/mol. The summed E-state index contributed by atoms with van der Waals surface area (Å²) in [5, 5.41) is 3.71. The Balaban J connectivity index is 1.47. The lowest BCUT2D eigenvalue weighted by atomic mass is 10.1. The van der Waals surface area contributed by atoms with Gasteiger partial charge in [0.15, 0.2) is 0 Å². The highest BCUT2D eigenvalue weighted by atomic mass is 35.5. The lowest BCUT2D eigenvalue weighted by Crippen LogP contribution is -2.26. The Hall–Kier alpha value is -2.33. The van der Waals surface area contributed by atoms with Crippen molar-refractivity contribution in [1.82, 2.24) is 15.3 Å². The number of hydrogen-bond acceptors (Lipinski definition) is 2. The number of aromatic nitrogens is 2. The number of aromatic amines is 1. The fourth-order valence-electron chi connectivity index (χ4n) is 2.69. The number of nitrogens with one attached hydrogen (secondary N) is 2. The second kappa shape index (κ2) is 7.49. The molecular weight excluding hydrogens is 322 g/mol. The molecule has 1 amide bonds. The number of halogens is 1. The van der Waals surface area contributed by atoms with E-state index in [1.807, 2.05) is 55.5 Å². The van der Waals surface area contributed by atoms with E-state index in [1.54, 1.807) is 0 Å². The first-order valence-electron chi connectivity index (χ1n) is 8.10. The third kappa shape index (κ3) is 4.15. The molecule has 0 saturated carbocycles. The third-order valence-electron chi connectivity index (χ3n) is 4.00. The first-order chi connectivity index (χ1) is 11.6. The van der Waals surface area contributed by atoms with E-state index >= 15 is 0 Å². The number of rotatable bonds is 6. The molecule has 1 aromatic heterocycles. The molecule has 124 valence electrons. The van der Waals surface area contributed by atoms with Crippen LogP contribution in [0.5, 0.6) is 0 Å². The third-order valence-corrected chi connectivity index (χ3v) is 4.26. The molecule has 0 fully saturated rings. The lowest BCUT2D eigenvalue weighted by molar-refractivity contribution is -0.121. The van der Waals surface area contributed by atoms with Crippen LogP contribution in [0.2, 0.25) is 5.02 Å². The molecule has 5 heteroatoms. The van der Waals surface area contributed by atoms with Crippen LogP contribution in [0.25, 0.3) is 11.0 Å². The van der Waals surface area contributed by atoms with Crippen molar-refractivity contribution >= 4 is 28.5 Å². The minimum atomic E-state index is -0.0269. The Morgan fingerprint density at radius 3 is 2.71 bits per heavy atom. The molecule has 0 aliphatic heterocycles. The Kier molecular flexibility index (Phi) is 5.16. The van der Waals surface area contributed by atoms with Gasteiger partial charge in [0.05, 0.1) is 17.1 Å². The summed E-state index contributed by atoms with van der Waals surface area (Å²) in [4.78, 5) is 19.9. The highest BCUT2D eigenvalue weighted by Crippen LogP contribution is 2.16. The molecule has 1 atom stereocenters. The summed E-state index contributed by atoms with van der Waals surface area (Å²) in [6, 6.07) is 15.4. The van der Waals surface area contributed by atoms with Crippen molar-refractivity contribution in [3.05, 3.63) is 64.9 Å². The van der Waals surface area contributed by atoms with E-state index in [9.17, 15) is 4.79 Å². The number of carbonyl (C=O) groups excluding carboxylic acids is 1. The molecule has 1 heterocycles. The maximum Gasteiger partial charge on any atom is 0.220 e. The minimum absolute atomic E-state index is 0.0269. The molecule has 0 saturated heterocycles. The number of benzene rings is 2. The van der Waals surface area contributed by atoms with Gasteiger partial charge in [-0.2, -0.15) is 0 Å². The summed E-state index contributed by atoms with van der Waals surface area (Å²) in [5.74, 6) is 0.975. The fourth-order valence-corrected chi connectivity index (χ4v) is 2.81. The number of hydrogen-bond donors (Lipinski definition) is 2. The highest BCUT2D eigenvalue weighted by Gasteiger charge is 2.10. The lowest BCUT2D eigenvalue weighted by Gasteiger charge is -2.14. The van der Waals surface area contributed by atoms with Crippen LogP contribution in [0.15, 0.2) is 48.5 Å². The van der Waals surface area contributed by atoms with Crippen LogP contribution < -0.4 is 5.32 Å². The predicted molar refractivity (Wildman–Crippen MR) is 97.0 cm³/mol. The quantitative estimate of drug-likeness (QED) is 0.697. The van der Waals surface area contributed by atoms with Crippen molar-refractivity contribution in [2.24, 2.45) is 0 Å². The van der Waals surface area contributed by atoms with E-state index in [2.05, 4.69) is 15.3 Å². The molecule has 2 N–H and O–H groups in total. The Bertz CT molecular complexity index is 793. The smallest absolute Gasteiger partial charge is 0.220 e. The van der Waals surface area contributed by atoms with Crippen LogP contribution >= 0.6 is 11.6 Å². The molecular formula is C19H20ClN3O. The number of fused-ring (bicyclic) bond motifs is 1. The second-order valence-corrected chi connectivity index (χ2v) is 6.33. The van der Waals surface area contributed by atoms with Gasteiger partial charge in [-0.25, -0.2) is 4.98 Å². The molecule has 0 spiro atoms. The number of carbonyl (C=O) groups is 1. The van der Waals surface area contributed by atoms with E-state index in [1.165, 1.54) is 0 Å². The van der Waals surface area contributed by atoms with Gasteiger partial charge in [-0.15, -0.1) is 0 Å². The average Bonchev–Trinajstić information content (AvgIpc) is 2.98. The van der Waals surface area contributed by atoms with Crippen LogP contribution in [0.4, 0.5) is 0 Å². The van der Waals surface area contributed by atoms with E-state index in [0.717, 1.165) is 35.3 Å². The maximum atomic E-state index is 12.1. The van der Waals surface area contributed by atoms with E-state index in [0.29, 0.717) is 11.4 Å². The van der Waals surface area contributed by atoms with Gasteiger partial charge in [0, 0.05) is 17.9 Å². The molecule has 0 radical (unpaired) electrons. The zero-order chi connectivity index (χ0) is 16.9. The van der Waals surface area contributed by atoms with Crippen molar-refractivity contribution in [2.75, 3.05) is 0 Å². The maximum absolute atomic E-state index is 12.1. The minimum Gasteiger partial charge on any atom is -0.350 e. The van der Waals surface area contributed by atoms with E-state index in [-0.39, 0.29) is 11.9 Å². The van der Waals surface area contributed by atoms with Gasteiger partial charge in [0.1, 0.15) is 5.82 Å². The summed E-state index contributed by atoms with van der Waals surface area (Å²) in [6.07, 6.45) is 2.01. The highest BCUT2D eigenvalue weighted by molar-refractivity contribution is 6.30. The van der Waals surface area contributed by atoms with Crippen molar-refractivity contribution < 1.29 is 4.79 Å². The Morgan fingerprint density at radius 2 is 1.96 bits per heavy atom. The largest absolute Gasteiger partial charge is 0.350 e. The SMILES string of the molecule is CC(NC(=O)CCCc1nc2ccccc2[nH]1)c1ccc(Cl)cc1. The number of H-pyrrole nitrogens is 1. The van der Waals surface area contributed by atoms with Crippen molar-refractivity contribution in [3.63, 3.8) is 0 Å². The van der Waals surface area contributed by atoms with Crippen LogP contribution in [0.3, 0.4) is 0 Å². The van der Waals surface area contributed by atoms with Crippen molar-refractivity contribution in [2.45, 2.75) is 32.2 Å². The topological polar surface area (TPSA) is 57.8 Å². The molecule has 3 aromatic rings. The number of imidazole rings is 1. The number of para-hydroxylation sites is 2. The van der Waals surface area contributed by atoms with Gasteiger partial charge in [0.2, 0.25) is 5.91 Å². The number of aryl methyl sites for hydroxylation is 1. The normalized spacial score (nSPS) is 12.2. The van der Waals surface area contributed by atoms with Gasteiger partial charge in [0.25, 0.3) is 0 Å². The fraction of sp³-hybridized carbons (Fsp3) is 0.263. The molecule has 3 rings (SSSR count). The van der Waals surface area contributed by atoms with E-state index in [4.69, 9.17) is 11.6 Å². The summed E-state index contributed by atoms with van der Waals surface area (Å²) in [5.41, 5.74) is 3.05. The van der Waals surface area contributed by atoms with Crippen molar-refractivity contribution in [1.29, 1.82) is 0 Å². The van der Waals surface area contributed by atoms with Crippen LogP contribution in [0.1, 0.15) is 37.2 Å². The molecule has 0 bridgehead atoms. The summed E-state index contributed by atoms with van der Waals surface area (Å²) >= 11 is 5.88. The molecule has 2 aromatic carbocycles. The summed E-state index contributed by atoms with van der Waals surface area (Å²) < 4.78 is 0. The molecule has 0 aliphatic carbocycles. The van der Waals surface area contributed by atoms with Gasteiger partial charge in [-0.1, -0.05) is 35.9 Å². The molecule has 0 aliphatic rings. The van der Waals surface area contributed by atoms with Gasteiger partial charge in [-0.05, 0) is 43.2 Å². The van der Waals surface area contributed by atoms with Gasteiger partial charge < -0.3 is 10.3 Å². The summed E-state index contributed by atoms with van der Waals surface area (Å²) in [7, 11) is 0. The van der Waals surface area contributed by atoms with Gasteiger partial charge >= 0.3 is 0 Å². The summed E-state index contributed by atoms with van der Waals surface area (Å²) in [6.45, 7) is 1.97. The van der Waals surface area contributed by atoms with Crippen LogP contribution in [-0.4, -0.2) is 15.9 Å². The Labute approximate surface area is 146 Å². The predicted octanol–water partition coefficient (Wildman–Crippen LogP) is 4.42. The standard InChI is InChI=1S/C19H20ClN3O/c1-13(14-9-11-15(20)12-10-14)21-19(24)8-4-7-18-22-16-5-2-3-6-17(16)23-18/h2-3,5-6,9-13H,4,7-8H2,1H3,(H,21,24)(H,22,23). The zero-order valence-corrected chi connectivity index (χ0v) is 14.3. The van der Waals surface area contributed by atoms with Crippen LogP contribution in [-0.2, 0) is 11.2 Å². The number of amides is 1. The van der Waals surface area contributed by atoms with Gasteiger partial charge in [-0.3, -0.25) is 4.79 Å². The van der Waals surface area contributed by atoms with Crippen LogP contribution in [0, 0.1) is 0 Å². The van der Waals surface area contributed by atoms with E-state index < -0.39 is 0 Å². The molecule has 1 unspecified atom stereocenters. The molecule has 24 heavy (non-hydrogen) atoms. The first-order valence-corrected chi connectivity index (χ1v) is 8.48. The Morgan fingerprint density at radius 1 is 1.21 bits per heavy atom. The monoisotopic (exact) mass is 341 g/mol. The first kappa shape index (κ1) is 16.5. The molecule has 4 nitrogen and oxygen atoms in total. The number of nitrogens with zero attached hydrogens (tertiary/aromatic N) is 1. The second-order valence-electron chi connectivity index (χ2n) is 5.89. The van der Waals surface area contributed by atoms with Crippen molar-refractivity contribution in [3.8, 4) is 0 Å². The zero-order valence-electron chi connectivity index (χ0n) is 13.6.